The van der Waals surface area contributed by atoms with Crippen LogP contribution in [0.5, 0.6) is 0 Å². The van der Waals surface area contributed by atoms with Gasteiger partial charge in [-0.25, -0.2) is 12.7 Å². The maximum Gasteiger partial charge on any atom is 0.269 e. The topological polar surface area (TPSA) is 121 Å². The molecule has 11 heteroatoms. The lowest BCUT2D eigenvalue weighted by Crippen LogP contribution is -2.60. The Kier molecular flexibility index (Phi) is 6.45. The first-order valence-electron chi connectivity index (χ1n) is 11.9. The molecule has 0 saturated carbocycles. The van der Waals surface area contributed by atoms with Crippen LogP contribution in [0, 0.1) is 10.1 Å². The van der Waals surface area contributed by atoms with E-state index in [2.05, 4.69) is 6.58 Å². The third-order valence-corrected chi connectivity index (χ3v) is 8.46. The minimum absolute atomic E-state index is 0.0530. The maximum atomic E-state index is 13.9. The van der Waals surface area contributed by atoms with Crippen molar-refractivity contribution >= 4 is 38.3 Å². The van der Waals surface area contributed by atoms with Gasteiger partial charge >= 0.3 is 0 Å². The number of non-ortho nitro benzene ring substituents is 1. The van der Waals surface area contributed by atoms with Crippen LogP contribution in [-0.4, -0.2) is 58.4 Å². The molecule has 10 nitrogen and oxygen atoms in total. The molecule has 2 aliphatic rings. The van der Waals surface area contributed by atoms with E-state index < -0.39 is 26.9 Å². The van der Waals surface area contributed by atoms with Gasteiger partial charge in [-0.05, 0) is 28.5 Å². The molecule has 0 radical (unpaired) electrons. The van der Waals surface area contributed by atoms with Crippen LogP contribution < -0.4 is 0 Å². The van der Waals surface area contributed by atoms with Crippen LogP contribution in [0.25, 0.3) is 10.8 Å². The molecule has 38 heavy (non-hydrogen) atoms. The molecule has 1 saturated heterocycles. The van der Waals surface area contributed by atoms with Crippen molar-refractivity contribution < 1.29 is 22.9 Å². The Balaban J connectivity index is 1.55. The highest BCUT2D eigenvalue weighted by molar-refractivity contribution is 7.89. The summed E-state index contributed by atoms with van der Waals surface area (Å²) in [5.74, 6) is -0.687. The second kappa shape index (κ2) is 9.75. The Morgan fingerprint density at radius 1 is 1.03 bits per heavy atom. The highest BCUT2D eigenvalue weighted by Gasteiger charge is 2.46. The van der Waals surface area contributed by atoms with E-state index in [1.165, 1.54) is 56.7 Å². The Hall–Kier alpha value is -4.51. The monoisotopic (exact) mass is 532 g/mol. The Bertz CT molecular complexity index is 1600. The molecule has 0 bridgehead atoms. The van der Waals surface area contributed by atoms with E-state index in [-0.39, 0.29) is 48.2 Å². The lowest BCUT2D eigenvalue weighted by Gasteiger charge is -2.46. The SMILES string of the molecule is C=CCN1C=C2N(C(=O)CCN2S(=O)(=O)c2ccc3ccccc3c2)C(Cc2ccc([N+](=O)[O-])cc2)C1=O. The van der Waals surface area contributed by atoms with Crippen LogP contribution in [0.15, 0.2) is 96.3 Å². The predicted molar refractivity (Wildman–Crippen MR) is 140 cm³/mol. The van der Waals surface area contributed by atoms with E-state index in [0.717, 1.165) is 10.8 Å². The highest BCUT2D eigenvalue weighted by Crippen LogP contribution is 2.34. The van der Waals surface area contributed by atoms with Crippen molar-refractivity contribution in [3.05, 3.63) is 107 Å². The molecule has 3 aromatic rings. The molecule has 3 aromatic carbocycles. The van der Waals surface area contributed by atoms with Crippen LogP contribution in [0.3, 0.4) is 0 Å². The van der Waals surface area contributed by atoms with Gasteiger partial charge in [-0.15, -0.1) is 6.58 Å². The standard InChI is InChI=1S/C27H24N4O6S/c1-2-14-28-18-25-29(38(36,37)23-12-9-20-5-3-4-6-21(20)17-23)15-13-26(32)30(25)24(27(28)33)16-19-7-10-22(11-8-19)31(34)35/h2-12,17-18,24H,1,13-16H2. The van der Waals surface area contributed by atoms with Crippen LogP contribution in [0.1, 0.15) is 12.0 Å². The fourth-order valence-corrected chi connectivity index (χ4v) is 6.26. The first-order chi connectivity index (χ1) is 18.2. The van der Waals surface area contributed by atoms with Crippen molar-refractivity contribution in [2.24, 2.45) is 0 Å². The zero-order valence-corrected chi connectivity index (χ0v) is 21.1. The summed E-state index contributed by atoms with van der Waals surface area (Å²) >= 11 is 0. The maximum absolute atomic E-state index is 13.9. The zero-order chi connectivity index (χ0) is 27.0. The number of carbonyl (C=O) groups is 2. The molecule has 5 rings (SSSR count). The van der Waals surface area contributed by atoms with Crippen LogP contribution >= 0.6 is 0 Å². The van der Waals surface area contributed by atoms with Crippen LogP contribution in [-0.2, 0) is 26.0 Å². The fraction of sp³-hybridized carbons (Fsp3) is 0.185. The third-order valence-electron chi connectivity index (χ3n) is 6.66. The third kappa shape index (κ3) is 4.41. The van der Waals surface area contributed by atoms with E-state index in [1.807, 2.05) is 24.3 Å². The molecule has 2 heterocycles. The largest absolute Gasteiger partial charge is 0.310 e. The summed E-state index contributed by atoms with van der Waals surface area (Å²) in [6.07, 6.45) is 2.85. The van der Waals surface area contributed by atoms with Gasteiger partial charge in [0.1, 0.15) is 11.9 Å². The summed E-state index contributed by atoms with van der Waals surface area (Å²) in [7, 11) is -4.08. The van der Waals surface area contributed by atoms with E-state index in [4.69, 9.17) is 0 Å². The Morgan fingerprint density at radius 2 is 1.74 bits per heavy atom. The molecule has 194 valence electrons. The highest BCUT2D eigenvalue weighted by atomic mass is 32.2. The average molecular weight is 533 g/mol. The molecule has 0 aromatic heterocycles. The number of nitro benzene ring substituents is 1. The van der Waals surface area contributed by atoms with Gasteiger partial charge in [0.15, 0.2) is 0 Å². The lowest BCUT2D eigenvalue weighted by molar-refractivity contribution is -0.384. The quantitative estimate of drug-likeness (QED) is 0.261. The number of benzene rings is 3. The molecule has 1 unspecified atom stereocenters. The summed E-state index contributed by atoms with van der Waals surface area (Å²) in [6.45, 7) is 3.73. The lowest BCUT2D eigenvalue weighted by atomic mass is 10.00. The van der Waals surface area contributed by atoms with Crippen molar-refractivity contribution in [2.75, 3.05) is 13.1 Å². The molecule has 2 amide bonds. The van der Waals surface area contributed by atoms with Crippen molar-refractivity contribution in [3.8, 4) is 0 Å². The summed E-state index contributed by atoms with van der Waals surface area (Å²) in [4.78, 5) is 39.8. The molecule has 0 spiro atoms. The first-order valence-corrected chi connectivity index (χ1v) is 13.3. The van der Waals surface area contributed by atoms with Gasteiger partial charge in [0.2, 0.25) is 5.91 Å². The van der Waals surface area contributed by atoms with Crippen molar-refractivity contribution in [1.82, 2.24) is 14.1 Å². The second-order valence-electron chi connectivity index (χ2n) is 9.01. The summed E-state index contributed by atoms with van der Waals surface area (Å²) in [6, 6.07) is 16.9. The minimum Gasteiger partial charge on any atom is -0.310 e. The van der Waals surface area contributed by atoms with Crippen molar-refractivity contribution in [3.63, 3.8) is 0 Å². The summed E-state index contributed by atoms with van der Waals surface area (Å²) in [5, 5.41) is 12.7. The summed E-state index contributed by atoms with van der Waals surface area (Å²) in [5.41, 5.74) is 0.496. The number of hydrogen-bond donors (Lipinski definition) is 0. The Morgan fingerprint density at radius 3 is 2.42 bits per heavy atom. The molecule has 0 N–H and O–H groups in total. The number of nitro groups is 1. The zero-order valence-electron chi connectivity index (χ0n) is 20.3. The van der Waals surface area contributed by atoms with E-state index >= 15 is 0 Å². The molecule has 1 atom stereocenters. The van der Waals surface area contributed by atoms with Crippen LogP contribution in [0.2, 0.25) is 0 Å². The number of carbonyl (C=O) groups excluding carboxylic acids is 2. The van der Waals surface area contributed by atoms with Gasteiger partial charge in [0.05, 0.1) is 9.82 Å². The van der Waals surface area contributed by atoms with E-state index in [1.54, 1.807) is 12.1 Å². The smallest absolute Gasteiger partial charge is 0.269 e. The molecular weight excluding hydrogens is 508 g/mol. The molecule has 1 fully saturated rings. The molecule has 0 aliphatic carbocycles. The fourth-order valence-electron chi connectivity index (χ4n) is 4.78. The van der Waals surface area contributed by atoms with Gasteiger partial charge < -0.3 is 4.90 Å². The number of sulfonamides is 1. The number of hydrogen-bond acceptors (Lipinski definition) is 6. The van der Waals surface area contributed by atoms with Gasteiger partial charge in [0, 0.05) is 44.3 Å². The number of fused-ring (bicyclic) bond motifs is 2. The average Bonchev–Trinajstić information content (AvgIpc) is 2.91. The van der Waals surface area contributed by atoms with Gasteiger partial charge in [-0.2, -0.15) is 0 Å². The minimum atomic E-state index is -4.08. The number of rotatable bonds is 7. The predicted octanol–water partition coefficient (Wildman–Crippen LogP) is 3.41. The van der Waals surface area contributed by atoms with E-state index in [0.29, 0.717) is 5.56 Å². The van der Waals surface area contributed by atoms with Gasteiger partial charge in [-0.3, -0.25) is 24.6 Å². The van der Waals surface area contributed by atoms with Crippen LogP contribution in [0.4, 0.5) is 5.69 Å². The Labute approximate surface area is 219 Å². The van der Waals surface area contributed by atoms with Gasteiger partial charge in [-0.1, -0.05) is 48.5 Å². The summed E-state index contributed by atoms with van der Waals surface area (Å²) < 4.78 is 28.9. The molecular formula is C27H24N4O6S. The van der Waals surface area contributed by atoms with E-state index in [9.17, 15) is 28.1 Å². The van der Waals surface area contributed by atoms with Gasteiger partial charge in [0.25, 0.3) is 21.6 Å². The molecule has 2 aliphatic heterocycles. The number of amides is 2. The number of nitrogens with zero attached hydrogens (tertiary/aromatic N) is 4. The second-order valence-corrected chi connectivity index (χ2v) is 10.9. The van der Waals surface area contributed by atoms with Crippen molar-refractivity contribution in [1.29, 1.82) is 0 Å². The van der Waals surface area contributed by atoms with Crippen molar-refractivity contribution in [2.45, 2.75) is 23.8 Å². The normalized spacial score (nSPS) is 17.8. The first kappa shape index (κ1) is 25.2.